The van der Waals surface area contributed by atoms with E-state index in [1.54, 1.807) is 48.5 Å². The summed E-state index contributed by atoms with van der Waals surface area (Å²) < 4.78 is 21.0. The minimum Gasteiger partial charge on any atom is -0.465 e. The van der Waals surface area contributed by atoms with Crippen LogP contribution in [-0.4, -0.2) is 32.0 Å². The number of amides is 1. The van der Waals surface area contributed by atoms with Crippen molar-refractivity contribution in [1.82, 2.24) is 5.43 Å². The van der Waals surface area contributed by atoms with E-state index in [4.69, 9.17) is 30.2 Å². The molecule has 2 aromatic carbocycles. The van der Waals surface area contributed by atoms with Gasteiger partial charge in [-0.05, 0) is 48.0 Å². The molecule has 1 N–H and O–H groups in total. The number of halogens is 1. The highest BCUT2D eigenvalue weighted by atomic mass is 35.5. The average Bonchev–Trinajstić information content (AvgIpc) is 3.43. The molecule has 0 saturated heterocycles. The monoisotopic (exact) mass is 440 g/mol. The molecule has 1 aliphatic heterocycles. The van der Waals surface area contributed by atoms with Crippen LogP contribution in [0.1, 0.15) is 21.7 Å². The van der Waals surface area contributed by atoms with Crippen LogP contribution in [0.15, 0.2) is 58.0 Å². The maximum Gasteiger partial charge on any atom is 0.339 e. The number of benzene rings is 2. The molecule has 158 valence electrons. The van der Waals surface area contributed by atoms with Crippen molar-refractivity contribution in [2.45, 2.75) is 6.42 Å². The summed E-state index contributed by atoms with van der Waals surface area (Å²) >= 11 is 6.04. The Bertz CT molecular complexity index is 1170. The summed E-state index contributed by atoms with van der Waals surface area (Å²) in [6.07, 6.45) is 1.52. The number of fused-ring (bicyclic) bond motifs is 1. The van der Waals surface area contributed by atoms with Gasteiger partial charge in [0, 0.05) is 5.56 Å². The fraction of sp³-hybridized carbons (Fsp3) is 0.136. The van der Waals surface area contributed by atoms with Gasteiger partial charge in [0.15, 0.2) is 11.5 Å². The number of hydrogen-bond donors (Lipinski definition) is 1. The van der Waals surface area contributed by atoms with E-state index < -0.39 is 5.97 Å². The van der Waals surface area contributed by atoms with Crippen molar-refractivity contribution in [3.05, 3.63) is 70.4 Å². The number of nitrogens with one attached hydrogen (secondary N) is 1. The van der Waals surface area contributed by atoms with Gasteiger partial charge in [-0.1, -0.05) is 17.7 Å². The molecule has 0 atom stereocenters. The SMILES string of the molecule is COC(=O)c1cc(-c2ccc(C=NNC(=O)Cc3ccc4c(c3)OCO4)o2)ccc1Cl. The predicted molar refractivity (Wildman–Crippen MR) is 112 cm³/mol. The van der Waals surface area contributed by atoms with E-state index in [0.29, 0.717) is 28.6 Å². The largest absolute Gasteiger partial charge is 0.465 e. The van der Waals surface area contributed by atoms with Crippen LogP contribution in [-0.2, 0) is 16.0 Å². The fourth-order valence-corrected chi connectivity index (χ4v) is 3.16. The highest BCUT2D eigenvalue weighted by molar-refractivity contribution is 6.33. The van der Waals surface area contributed by atoms with E-state index in [9.17, 15) is 9.59 Å². The average molecular weight is 441 g/mol. The van der Waals surface area contributed by atoms with E-state index >= 15 is 0 Å². The number of furan rings is 1. The maximum atomic E-state index is 12.1. The Hall–Kier alpha value is -3.78. The van der Waals surface area contributed by atoms with Gasteiger partial charge in [0.25, 0.3) is 0 Å². The molecule has 2 heterocycles. The number of hydrogen-bond acceptors (Lipinski definition) is 7. The lowest BCUT2D eigenvalue weighted by molar-refractivity contribution is -0.120. The van der Waals surface area contributed by atoms with Crippen molar-refractivity contribution in [2.75, 3.05) is 13.9 Å². The zero-order valence-corrected chi connectivity index (χ0v) is 17.1. The number of hydrazone groups is 1. The van der Waals surface area contributed by atoms with Crippen LogP contribution in [0.2, 0.25) is 5.02 Å². The Morgan fingerprint density at radius 3 is 2.81 bits per heavy atom. The Labute approximate surface area is 182 Å². The second-order valence-corrected chi connectivity index (χ2v) is 6.95. The lowest BCUT2D eigenvalue weighted by Crippen LogP contribution is -2.19. The third kappa shape index (κ3) is 4.70. The van der Waals surface area contributed by atoms with Crippen molar-refractivity contribution < 1.29 is 28.2 Å². The molecule has 0 spiro atoms. The second-order valence-electron chi connectivity index (χ2n) is 6.55. The Morgan fingerprint density at radius 1 is 1.13 bits per heavy atom. The second kappa shape index (κ2) is 8.93. The van der Waals surface area contributed by atoms with E-state index in [1.807, 2.05) is 0 Å². The molecule has 1 aromatic heterocycles. The number of ether oxygens (including phenoxy) is 3. The molecule has 9 heteroatoms. The zero-order chi connectivity index (χ0) is 21.8. The summed E-state index contributed by atoms with van der Waals surface area (Å²) in [6.45, 7) is 0.181. The molecular weight excluding hydrogens is 424 g/mol. The number of carbonyl (C=O) groups excluding carboxylic acids is 2. The first-order valence-corrected chi connectivity index (χ1v) is 9.60. The number of rotatable bonds is 6. The molecule has 0 saturated carbocycles. The van der Waals surface area contributed by atoms with Gasteiger partial charge in [0.1, 0.15) is 11.5 Å². The van der Waals surface area contributed by atoms with Crippen LogP contribution in [0.3, 0.4) is 0 Å². The topological polar surface area (TPSA) is 99.4 Å². The van der Waals surface area contributed by atoms with E-state index in [2.05, 4.69) is 10.5 Å². The summed E-state index contributed by atoms with van der Waals surface area (Å²) in [6, 6.07) is 13.6. The van der Waals surface area contributed by atoms with E-state index in [0.717, 1.165) is 5.56 Å². The Morgan fingerprint density at radius 2 is 1.97 bits per heavy atom. The fourth-order valence-electron chi connectivity index (χ4n) is 2.97. The smallest absolute Gasteiger partial charge is 0.339 e. The number of esters is 1. The summed E-state index contributed by atoms with van der Waals surface area (Å²) in [4.78, 5) is 23.9. The quantitative estimate of drug-likeness (QED) is 0.355. The van der Waals surface area contributed by atoms with Crippen molar-refractivity contribution in [3.8, 4) is 22.8 Å². The lowest BCUT2D eigenvalue weighted by atomic mass is 10.1. The lowest BCUT2D eigenvalue weighted by Gasteiger charge is -2.04. The molecule has 31 heavy (non-hydrogen) atoms. The standard InChI is InChI=1S/C22H17ClN2O6/c1-28-22(27)16-10-14(3-5-17(16)23)18-7-4-15(31-18)11-24-25-21(26)9-13-2-6-19-20(8-13)30-12-29-19/h2-8,10-11H,9,12H2,1H3,(H,25,26). The third-order valence-corrected chi connectivity index (χ3v) is 4.80. The highest BCUT2D eigenvalue weighted by Crippen LogP contribution is 2.32. The van der Waals surface area contributed by atoms with Crippen LogP contribution >= 0.6 is 11.6 Å². The molecule has 0 bridgehead atoms. The Kier molecular flexibility index (Phi) is 5.90. The first-order chi connectivity index (χ1) is 15.0. The first-order valence-electron chi connectivity index (χ1n) is 9.22. The van der Waals surface area contributed by atoms with Crippen LogP contribution in [0.4, 0.5) is 0 Å². The van der Waals surface area contributed by atoms with Gasteiger partial charge < -0.3 is 18.6 Å². The van der Waals surface area contributed by atoms with Gasteiger partial charge in [0.05, 0.1) is 30.3 Å². The van der Waals surface area contributed by atoms with E-state index in [1.165, 1.54) is 13.3 Å². The number of nitrogens with zero attached hydrogens (tertiary/aromatic N) is 1. The summed E-state index contributed by atoms with van der Waals surface area (Å²) in [5.74, 6) is 1.39. The molecule has 3 aromatic rings. The van der Waals surface area contributed by atoms with E-state index in [-0.39, 0.29) is 29.7 Å². The van der Waals surface area contributed by atoms with Gasteiger partial charge in [-0.2, -0.15) is 5.10 Å². The molecule has 4 rings (SSSR count). The summed E-state index contributed by atoms with van der Waals surface area (Å²) in [5.41, 5.74) is 4.12. The van der Waals surface area contributed by atoms with Gasteiger partial charge in [0.2, 0.25) is 12.7 Å². The van der Waals surface area contributed by atoms with Crippen LogP contribution in [0.5, 0.6) is 11.5 Å². The van der Waals surface area contributed by atoms with Crippen LogP contribution in [0, 0.1) is 0 Å². The van der Waals surface area contributed by atoms with Crippen molar-refractivity contribution >= 4 is 29.7 Å². The molecular formula is C22H17ClN2O6. The molecule has 8 nitrogen and oxygen atoms in total. The summed E-state index contributed by atoms with van der Waals surface area (Å²) in [7, 11) is 1.29. The van der Waals surface area contributed by atoms with Crippen LogP contribution in [0.25, 0.3) is 11.3 Å². The van der Waals surface area contributed by atoms with Gasteiger partial charge in [-0.25, -0.2) is 10.2 Å². The van der Waals surface area contributed by atoms with Gasteiger partial charge in [-0.15, -0.1) is 0 Å². The minimum atomic E-state index is -0.537. The predicted octanol–water partition coefficient (Wildman–Crippen LogP) is 3.81. The highest BCUT2D eigenvalue weighted by Gasteiger charge is 2.15. The van der Waals surface area contributed by atoms with Crippen LogP contribution < -0.4 is 14.9 Å². The normalized spacial score (nSPS) is 12.2. The molecule has 1 amide bonds. The molecule has 0 radical (unpaired) electrons. The number of methoxy groups -OCH3 is 1. The molecule has 0 fully saturated rings. The minimum absolute atomic E-state index is 0.137. The zero-order valence-electron chi connectivity index (χ0n) is 16.4. The summed E-state index contributed by atoms with van der Waals surface area (Å²) in [5, 5.41) is 4.21. The van der Waals surface area contributed by atoms with Crippen molar-refractivity contribution in [3.63, 3.8) is 0 Å². The third-order valence-electron chi connectivity index (χ3n) is 4.47. The number of carbonyl (C=O) groups is 2. The molecule has 0 aliphatic carbocycles. The maximum absolute atomic E-state index is 12.1. The van der Waals surface area contributed by atoms with Gasteiger partial charge in [-0.3, -0.25) is 4.79 Å². The van der Waals surface area contributed by atoms with Gasteiger partial charge >= 0.3 is 5.97 Å². The van der Waals surface area contributed by atoms with Crippen molar-refractivity contribution in [1.29, 1.82) is 0 Å². The molecule has 0 unspecified atom stereocenters. The first kappa shape index (κ1) is 20.5. The van der Waals surface area contributed by atoms with Crippen molar-refractivity contribution in [2.24, 2.45) is 5.10 Å². The molecule has 1 aliphatic rings. The Balaban J connectivity index is 1.37.